The van der Waals surface area contributed by atoms with Crippen LogP contribution in [0.3, 0.4) is 0 Å². The van der Waals surface area contributed by atoms with E-state index in [4.69, 9.17) is 0 Å². The van der Waals surface area contributed by atoms with Crippen molar-refractivity contribution in [2.45, 2.75) is 0 Å². The number of aryl methyl sites for hydroxylation is 1. The standard InChI is InChI=1S/C11H12N6O3/c1-12-8-4-3-7(5-9(8)17(19)20)10(18)15-11-13-6-14-16(11)2/h3-6,12H,1-2H3,(H,13,14,15,18). The first-order chi connectivity index (χ1) is 9.52. The normalized spacial score (nSPS) is 10.1. The van der Waals surface area contributed by atoms with Crippen molar-refractivity contribution < 1.29 is 9.72 Å². The number of amides is 1. The Hall–Kier alpha value is -2.97. The maximum Gasteiger partial charge on any atom is 0.293 e. The Kier molecular flexibility index (Phi) is 3.60. The third-order valence-electron chi connectivity index (χ3n) is 2.66. The zero-order valence-corrected chi connectivity index (χ0v) is 10.8. The van der Waals surface area contributed by atoms with Gasteiger partial charge in [-0.05, 0) is 12.1 Å². The van der Waals surface area contributed by atoms with Gasteiger partial charge in [0.2, 0.25) is 5.95 Å². The van der Waals surface area contributed by atoms with Gasteiger partial charge >= 0.3 is 0 Å². The van der Waals surface area contributed by atoms with Crippen LogP contribution in [0.15, 0.2) is 24.5 Å². The van der Waals surface area contributed by atoms with Crippen molar-refractivity contribution in [1.29, 1.82) is 0 Å². The van der Waals surface area contributed by atoms with Crippen LogP contribution in [0.4, 0.5) is 17.3 Å². The topological polar surface area (TPSA) is 115 Å². The Morgan fingerprint density at radius 2 is 2.20 bits per heavy atom. The molecule has 1 aromatic carbocycles. The molecule has 2 aromatic rings. The highest BCUT2D eigenvalue weighted by molar-refractivity contribution is 6.04. The van der Waals surface area contributed by atoms with Crippen LogP contribution >= 0.6 is 0 Å². The lowest BCUT2D eigenvalue weighted by atomic mass is 10.1. The van der Waals surface area contributed by atoms with Crippen LogP contribution in [-0.2, 0) is 7.05 Å². The monoisotopic (exact) mass is 276 g/mol. The van der Waals surface area contributed by atoms with Gasteiger partial charge in [0.25, 0.3) is 11.6 Å². The quantitative estimate of drug-likeness (QED) is 0.636. The maximum absolute atomic E-state index is 12.0. The maximum atomic E-state index is 12.0. The van der Waals surface area contributed by atoms with E-state index < -0.39 is 10.8 Å². The van der Waals surface area contributed by atoms with E-state index >= 15 is 0 Å². The lowest BCUT2D eigenvalue weighted by molar-refractivity contribution is -0.384. The van der Waals surface area contributed by atoms with Gasteiger partial charge in [0, 0.05) is 25.7 Å². The predicted molar refractivity (Wildman–Crippen MR) is 71.6 cm³/mol. The largest absolute Gasteiger partial charge is 0.383 e. The molecule has 0 saturated carbocycles. The Labute approximate surface area is 113 Å². The van der Waals surface area contributed by atoms with Crippen molar-refractivity contribution in [3.63, 3.8) is 0 Å². The highest BCUT2D eigenvalue weighted by atomic mass is 16.6. The highest BCUT2D eigenvalue weighted by Gasteiger charge is 2.17. The number of nitro groups is 1. The number of hydrogen-bond acceptors (Lipinski definition) is 6. The molecule has 0 fully saturated rings. The molecule has 20 heavy (non-hydrogen) atoms. The molecule has 0 aliphatic rings. The van der Waals surface area contributed by atoms with Crippen LogP contribution < -0.4 is 10.6 Å². The average Bonchev–Trinajstić information content (AvgIpc) is 2.83. The van der Waals surface area contributed by atoms with E-state index in [-0.39, 0.29) is 17.2 Å². The fourth-order valence-corrected chi connectivity index (χ4v) is 1.62. The van der Waals surface area contributed by atoms with Gasteiger partial charge in [-0.25, -0.2) is 4.68 Å². The zero-order valence-electron chi connectivity index (χ0n) is 10.8. The van der Waals surface area contributed by atoms with Crippen molar-refractivity contribution in [1.82, 2.24) is 14.8 Å². The number of rotatable bonds is 4. The number of carbonyl (C=O) groups excluding carboxylic acids is 1. The minimum absolute atomic E-state index is 0.165. The first kappa shape index (κ1) is 13.5. The number of anilines is 2. The van der Waals surface area contributed by atoms with Crippen LogP contribution in [0, 0.1) is 10.1 Å². The number of aromatic nitrogens is 3. The van der Waals surface area contributed by atoms with Gasteiger partial charge in [-0.2, -0.15) is 10.1 Å². The van der Waals surface area contributed by atoms with E-state index in [1.807, 2.05) is 0 Å². The molecule has 1 amide bonds. The molecule has 0 bridgehead atoms. The van der Waals surface area contributed by atoms with E-state index in [1.165, 1.54) is 29.2 Å². The van der Waals surface area contributed by atoms with Crippen molar-refractivity contribution in [2.24, 2.45) is 7.05 Å². The second kappa shape index (κ2) is 5.34. The van der Waals surface area contributed by atoms with Crippen LogP contribution in [-0.4, -0.2) is 32.6 Å². The Morgan fingerprint density at radius 3 is 2.75 bits per heavy atom. The SMILES string of the molecule is CNc1ccc(C(=O)Nc2ncnn2C)cc1[N+](=O)[O-]. The van der Waals surface area contributed by atoms with Gasteiger partial charge in [-0.3, -0.25) is 20.2 Å². The van der Waals surface area contributed by atoms with Crippen LogP contribution in [0.1, 0.15) is 10.4 Å². The molecular weight excluding hydrogens is 264 g/mol. The molecule has 2 rings (SSSR count). The Balaban J connectivity index is 2.29. The number of benzene rings is 1. The molecule has 2 N–H and O–H groups in total. The van der Waals surface area contributed by atoms with Crippen LogP contribution in [0.25, 0.3) is 0 Å². The number of hydrogen-bond donors (Lipinski definition) is 2. The van der Waals surface area contributed by atoms with E-state index in [2.05, 4.69) is 20.7 Å². The molecule has 1 heterocycles. The third-order valence-corrected chi connectivity index (χ3v) is 2.66. The first-order valence-electron chi connectivity index (χ1n) is 5.64. The Bertz CT molecular complexity index is 666. The van der Waals surface area contributed by atoms with Gasteiger partial charge in [0.1, 0.15) is 12.0 Å². The Morgan fingerprint density at radius 1 is 1.45 bits per heavy atom. The molecule has 0 aliphatic carbocycles. The number of carbonyl (C=O) groups is 1. The molecular formula is C11H12N6O3. The molecule has 104 valence electrons. The van der Waals surface area contributed by atoms with E-state index in [9.17, 15) is 14.9 Å². The lowest BCUT2D eigenvalue weighted by Gasteiger charge is -2.06. The summed E-state index contributed by atoms with van der Waals surface area (Å²) in [6.07, 6.45) is 1.29. The fraction of sp³-hybridized carbons (Fsp3) is 0.182. The third kappa shape index (κ3) is 2.55. The van der Waals surface area contributed by atoms with Gasteiger partial charge < -0.3 is 5.32 Å². The summed E-state index contributed by atoms with van der Waals surface area (Å²) >= 11 is 0. The molecule has 0 spiro atoms. The molecule has 0 atom stereocenters. The van der Waals surface area contributed by atoms with Gasteiger partial charge in [-0.15, -0.1) is 0 Å². The second-order valence-electron chi connectivity index (χ2n) is 3.90. The summed E-state index contributed by atoms with van der Waals surface area (Å²) in [7, 11) is 3.19. The van der Waals surface area contributed by atoms with Crippen molar-refractivity contribution in [3.05, 3.63) is 40.2 Å². The van der Waals surface area contributed by atoms with Crippen LogP contribution in [0.2, 0.25) is 0 Å². The second-order valence-corrected chi connectivity index (χ2v) is 3.90. The van der Waals surface area contributed by atoms with E-state index in [0.717, 1.165) is 0 Å². The van der Waals surface area contributed by atoms with Crippen molar-refractivity contribution >= 4 is 23.2 Å². The predicted octanol–water partition coefficient (Wildman–Crippen LogP) is 1.02. The molecule has 0 radical (unpaired) electrons. The zero-order chi connectivity index (χ0) is 14.7. The molecule has 0 aliphatic heterocycles. The van der Waals surface area contributed by atoms with Gasteiger partial charge in [-0.1, -0.05) is 0 Å². The fourth-order valence-electron chi connectivity index (χ4n) is 1.62. The summed E-state index contributed by atoms with van der Waals surface area (Å²) in [5, 5.41) is 20.0. The molecule has 9 nitrogen and oxygen atoms in total. The van der Waals surface area contributed by atoms with Crippen molar-refractivity contribution in [2.75, 3.05) is 17.7 Å². The number of nitrogens with zero attached hydrogens (tertiary/aromatic N) is 4. The highest BCUT2D eigenvalue weighted by Crippen LogP contribution is 2.25. The van der Waals surface area contributed by atoms with E-state index in [1.54, 1.807) is 14.1 Å². The minimum Gasteiger partial charge on any atom is -0.383 e. The summed E-state index contributed by atoms with van der Waals surface area (Å²) in [5.41, 5.74) is 0.335. The smallest absolute Gasteiger partial charge is 0.293 e. The summed E-state index contributed by atoms with van der Waals surface area (Å²) in [5.74, 6) is -0.234. The van der Waals surface area contributed by atoms with Gasteiger partial charge in [0.15, 0.2) is 0 Å². The van der Waals surface area contributed by atoms with Gasteiger partial charge in [0.05, 0.1) is 4.92 Å². The van der Waals surface area contributed by atoms with Crippen LogP contribution in [0.5, 0.6) is 0 Å². The summed E-state index contributed by atoms with van der Waals surface area (Å²) in [4.78, 5) is 26.2. The average molecular weight is 276 g/mol. The summed E-state index contributed by atoms with van der Waals surface area (Å²) in [6.45, 7) is 0. The summed E-state index contributed by atoms with van der Waals surface area (Å²) in [6, 6.07) is 4.17. The molecule has 9 heteroatoms. The number of nitro benzene ring substituents is 1. The molecule has 0 unspecified atom stereocenters. The van der Waals surface area contributed by atoms with E-state index in [0.29, 0.717) is 5.69 Å². The first-order valence-corrected chi connectivity index (χ1v) is 5.64. The number of nitrogens with one attached hydrogen (secondary N) is 2. The molecule has 1 aromatic heterocycles. The van der Waals surface area contributed by atoms with Crippen molar-refractivity contribution in [3.8, 4) is 0 Å². The molecule has 0 saturated heterocycles. The summed E-state index contributed by atoms with van der Waals surface area (Å²) < 4.78 is 1.38. The lowest BCUT2D eigenvalue weighted by Crippen LogP contribution is -2.15. The minimum atomic E-state index is -0.551.